The van der Waals surface area contributed by atoms with E-state index in [1.165, 1.54) is 40.3 Å². The van der Waals surface area contributed by atoms with Crippen molar-refractivity contribution >= 4 is 22.7 Å². The molecule has 3 atom stereocenters. The van der Waals surface area contributed by atoms with Gasteiger partial charge in [0.25, 0.3) is 0 Å². The lowest BCUT2D eigenvalue weighted by atomic mass is 9.66. The Morgan fingerprint density at radius 1 is 1.23 bits per heavy atom. The summed E-state index contributed by atoms with van der Waals surface area (Å²) in [5.74, 6) is 1.65. The van der Waals surface area contributed by atoms with E-state index in [0.29, 0.717) is 5.54 Å². The molecule has 2 heterocycles. The third kappa shape index (κ3) is 2.94. The van der Waals surface area contributed by atoms with Gasteiger partial charge in [-0.05, 0) is 61.1 Å². The van der Waals surface area contributed by atoms with Crippen molar-refractivity contribution in [1.29, 1.82) is 0 Å². The van der Waals surface area contributed by atoms with Crippen LogP contribution in [-0.4, -0.2) is 5.54 Å². The molecule has 0 radical (unpaired) electrons. The summed E-state index contributed by atoms with van der Waals surface area (Å²) in [6, 6.07) is 8.92. The van der Waals surface area contributed by atoms with Crippen LogP contribution in [0.5, 0.6) is 0 Å². The van der Waals surface area contributed by atoms with Crippen LogP contribution in [0, 0.1) is 11.8 Å². The summed E-state index contributed by atoms with van der Waals surface area (Å²) in [6.45, 7) is 3.44. The molecule has 0 spiro atoms. The van der Waals surface area contributed by atoms with E-state index in [0.717, 1.165) is 18.4 Å². The van der Waals surface area contributed by atoms with Crippen LogP contribution in [0.1, 0.15) is 37.5 Å². The maximum atomic E-state index is 3.93. The minimum Gasteiger partial charge on any atom is -0.306 e. The van der Waals surface area contributed by atoms with E-state index in [1.54, 1.807) is 0 Å². The van der Waals surface area contributed by atoms with Crippen molar-refractivity contribution in [3.05, 3.63) is 46.7 Å². The fourth-order valence-electron chi connectivity index (χ4n) is 4.25. The van der Waals surface area contributed by atoms with Crippen LogP contribution < -0.4 is 5.32 Å². The largest absolute Gasteiger partial charge is 0.306 e. The molecule has 1 saturated carbocycles. The van der Waals surface area contributed by atoms with E-state index in [9.17, 15) is 0 Å². The molecule has 0 amide bonds. The molecule has 2 aromatic heterocycles. The Morgan fingerprint density at radius 3 is 3.05 bits per heavy atom. The molecule has 2 aromatic rings. The Hall–Kier alpha value is -0.900. The van der Waals surface area contributed by atoms with Crippen LogP contribution in [0.15, 0.2) is 41.8 Å². The van der Waals surface area contributed by atoms with Gasteiger partial charge in [-0.15, -0.1) is 22.7 Å². The number of allylic oxidation sites excluding steroid dienone is 1. The number of nitrogens with one attached hydrogen (secondary N) is 1. The zero-order valence-electron chi connectivity index (χ0n) is 13.0. The molecule has 0 saturated heterocycles. The van der Waals surface area contributed by atoms with Crippen LogP contribution in [0.4, 0.5) is 0 Å². The second-order valence-electron chi connectivity index (χ2n) is 7.02. The van der Waals surface area contributed by atoms with Gasteiger partial charge < -0.3 is 5.32 Å². The van der Waals surface area contributed by atoms with Crippen LogP contribution in [-0.2, 0) is 6.54 Å². The van der Waals surface area contributed by atoms with E-state index in [1.807, 2.05) is 22.7 Å². The molecule has 1 fully saturated rings. The van der Waals surface area contributed by atoms with Gasteiger partial charge in [0, 0.05) is 26.7 Å². The Kier molecular flexibility index (Phi) is 3.97. The minimum atomic E-state index is 0.351. The van der Waals surface area contributed by atoms with Crippen LogP contribution >= 0.6 is 22.7 Å². The Balaban J connectivity index is 1.45. The zero-order chi connectivity index (χ0) is 15.0. The normalized spacial score (nSPS) is 30.6. The summed E-state index contributed by atoms with van der Waals surface area (Å²) in [4.78, 5) is 4.26. The highest BCUT2D eigenvalue weighted by molar-refractivity contribution is 7.21. The highest BCUT2D eigenvalue weighted by Gasteiger charge is 2.39. The first kappa shape index (κ1) is 14.7. The highest BCUT2D eigenvalue weighted by atomic mass is 32.1. The third-order valence-electron chi connectivity index (χ3n) is 5.08. The average molecular weight is 330 g/mol. The second-order valence-corrected chi connectivity index (χ2v) is 9.13. The molecular formula is C19H23NS2. The molecule has 0 aromatic carbocycles. The molecule has 116 valence electrons. The topological polar surface area (TPSA) is 12.0 Å². The summed E-state index contributed by atoms with van der Waals surface area (Å²) in [5.41, 5.74) is 0.351. The third-order valence-corrected chi connectivity index (χ3v) is 7.23. The smallest absolute Gasteiger partial charge is 0.0445 e. The van der Waals surface area contributed by atoms with Gasteiger partial charge in [0.15, 0.2) is 0 Å². The number of thiophene rings is 2. The number of rotatable bonds is 4. The van der Waals surface area contributed by atoms with Crippen LogP contribution in [0.3, 0.4) is 0 Å². The average Bonchev–Trinajstić information content (AvgIpc) is 3.16. The van der Waals surface area contributed by atoms with Crippen molar-refractivity contribution in [1.82, 2.24) is 5.32 Å². The van der Waals surface area contributed by atoms with E-state index < -0.39 is 0 Å². The molecule has 0 aliphatic heterocycles. The minimum absolute atomic E-state index is 0.351. The lowest BCUT2D eigenvalue weighted by Gasteiger charge is -2.46. The van der Waals surface area contributed by atoms with E-state index in [2.05, 4.69) is 54.0 Å². The van der Waals surface area contributed by atoms with Gasteiger partial charge >= 0.3 is 0 Å². The first-order valence-corrected chi connectivity index (χ1v) is 9.96. The fraction of sp³-hybridized carbons (Fsp3) is 0.474. The monoisotopic (exact) mass is 329 g/mol. The van der Waals surface area contributed by atoms with Gasteiger partial charge in [-0.1, -0.05) is 25.1 Å². The SMILES string of the molecule is CC1CC2C=CCC(NCc3ccc(-c4cccs4)s3)(C1)C2. The molecule has 3 unspecified atom stereocenters. The maximum Gasteiger partial charge on any atom is 0.0445 e. The summed E-state index contributed by atoms with van der Waals surface area (Å²) >= 11 is 3.77. The van der Waals surface area contributed by atoms with Crippen molar-refractivity contribution < 1.29 is 0 Å². The number of hydrogen-bond acceptors (Lipinski definition) is 3. The quantitative estimate of drug-likeness (QED) is 0.709. The van der Waals surface area contributed by atoms with Crippen LogP contribution in [0.2, 0.25) is 0 Å². The number of fused-ring (bicyclic) bond motifs is 2. The van der Waals surface area contributed by atoms with Gasteiger partial charge in [-0.2, -0.15) is 0 Å². The van der Waals surface area contributed by atoms with Gasteiger partial charge in [0.05, 0.1) is 0 Å². The van der Waals surface area contributed by atoms with Crippen molar-refractivity contribution in [2.24, 2.45) is 11.8 Å². The first-order chi connectivity index (χ1) is 10.7. The summed E-state index contributed by atoms with van der Waals surface area (Å²) in [7, 11) is 0. The lowest BCUT2D eigenvalue weighted by molar-refractivity contribution is 0.146. The van der Waals surface area contributed by atoms with E-state index in [4.69, 9.17) is 0 Å². The Morgan fingerprint density at radius 2 is 2.18 bits per heavy atom. The standard InChI is InChI=1S/C19H23NS2/c1-14-10-15-4-2-8-19(11-14,12-15)20-13-16-6-7-18(22-16)17-5-3-9-21-17/h2-7,9,14-15,20H,8,10-13H2,1H3. The lowest BCUT2D eigenvalue weighted by Crippen LogP contribution is -2.51. The fourth-order valence-corrected chi connectivity index (χ4v) is 6.03. The predicted octanol–water partition coefficient (Wildman–Crippen LogP) is 5.70. The summed E-state index contributed by atoms with van der Waals surface area (Å²) in [5, 5.41) is 6.09. The van der Waals surface area contributed by atoms with Gasteiger partial charge in [0.2, 0.25) is 0 Å². The van der Waals surface area contributed by atoms with Crippen molar-refractivity contribution in [2.45, 2.75) is 44.7 Å². The van der Waals surface area contributed by atoms with E-state index >= 15 is 0 Å². The highest BCUT2D eigenvalue weighted by Crippen LogP contribution is 2.42. The summed E-state index contributed by atoms with van der Waals surface area (Å²) in [6.07, 6.45) is 10.1. The maximum absolute atomic E-state index is 3.93. The van der Waals surface area contributed by atoms with Crippen molar-refractivity contribution in [3.63, 3.8) is 0 Å². The van der Waals surface area contributed by atoms with Gasteiger partial charge in [0.1, 0.15) is 0 Å². The molecule has 3 heteroatoms. The van der Waals surface area contributed by atoms with Gasteiger partial charge in [-0.25, -0.2) is 0 Å². The number of hydrogen-bond donors (Lipinski definition) is 1. The van der Waals surface area contributed by atoms with Crippen molar-refractivity contribution in [3.8, 4) is 9.75 Å². The van der Waals surface area contributed by atoms with E-state index in [-0.39, 0.29) is 0 Å². The van der Waals surface area contributed by atoms with Gasteiger partial charge in [-0.3, -0.25) is 0 Å². The van der Waals surface area contributed by atoms with Crippen molar-refractivity contribution in [2.75, 3.05) is 0 Å². The molecule has 2 aliphatic carbocycles. The molecule has 1 nitrogen and oxygen atoms in total. The molecule has 2 bridgehead atoms. The molecule has 22 heavy (non-hydrogen) atoms. The second kappa shape index (κ2) is 5.95. The summed E-state index contributed by atoms with van der Waals surface area (Å²) < 4.78 is 0. The zero-order valence-corrected chi connectivity index (χ0v) is 14.7. The first-order valence-electron chi connectivity index (χ1n) is 8.27. The molecule has 2 aliphatic rings. The Labute approximate surface area is 141 Å². The predicted molar refractivity (Wildman–Crippen MR) is 97.5 cm³/mol. The molecule has 4 rings (SSSR count). The molecule has 1 N–H and O–H groups in total. The van der Waals surface area contributed by atoms with Crippen LogP contribution in [0.25, 0.3) is 9.75 Å². The Bertz CT molecular complexity index is 655. The molecular weight excluding hydrogens is 306 g/mol.